The second-order valence-corrected chi connectivity index (χ2v) is 5.33. The van der Waals surface area contributed by atoms with E-state index in [2.05, 4.69) is 38.5 Å². The molecule has 5 heteroatoms. The molecule has 106 valence electrons. The van der Waals surface area contributed by atoms with Gasteiger partial charge in [-0.3, -0.25) is 9.58 Å². The van der Waals surface area contributed by atoms with Crippen LogP contribution in [0.3, 0.4) is 0 Å². The van der Waals surface area contributed by atoms with Crippen LogP contribution in [0.1, 0.15) is 30.1 Å². The molecule has 0 unspecified atom stereocenters. The second-order valence-electron chi connectivity index (χ2n) is 5.33. The Morgan fingerprint density at radius 2 is 2.30 bits per heavy atom. The molecule has 1 aliphatic heterocycles. The van der Waals surface area contributed by atoms with Gasteiger partial charge in [0.25, 0.3) is 0 Å². The fourth-order valence-electron chi connectivity index (χ4n) is 2.94. The van der Waals surface area contributed by atoms with Gasteiger partial charge < -0.3 is 5.32 Å². The van der Waals surface area contributed by atoms with Gasteiger partial charge in [0.2, 0.25) is 0 Å². The van der Waals surface area contributed by atoms with Crippen molar-refractivity contribution >= 4 is 5.82 Å². The maximum Gasteiger partial charge on any atom is 0.125 e. The lowest BCUT2D eigenvalue weighted by Crippen LogP contribution is -2.23. The molecule has 0 radical (unpaired) electrons. The van der Waals surface area contributed by atoms with Crippen LogP contribution in [0.15, 0.2) is 30.6 Å². The van der Waals surface area contributed by atoms with E-state index in [4.69, 9.17) is 0 Å². The van der Waals surface area contributed by atoms with Gasteiger partial charge >= 0.3 is 0 Å². The smallest absolute Gasteiger partial charge is 0.125 e. The highest BCUT2D eigenvalue weighted by molar-refractivity contribution is 5.38. The molecule has 0 bridgehead atoms. The van der Waals surface area contributed by atoms with Crippen LogP contribution in [0.25, 0.3) is 0 Å². The molecule has 0 aromatic carbocycles. The Morgan fingerprint density at radius 1 is 1.40 bits per heavy atom. The van der Waals surface area contributed by atoms with E-state index < -0.39 is 0 Å². The monoisotopic (exact) mass is 271 g/mol. The summed E-state index contributed by atoms with van der Waals surface area (Å²) in [6, 6.07) is 6.86. The highest BCUT2D eigenvalue weighted by Gasteiger charge is 2.26. The van der Waals surface area contributed by atoms with Crippen molar-refractivity contribution in [2.24, 2.45) is 7.05 Å². The highest BCUT2D eigenvalue weighted by Crippen LogP contribution is 2.33. The maximum absolute atomic E-state index is 4.49. The van der Waals surface area contributed by atoms with Gasteiger partial charge in [-0.05, 0) is 43.1 Å². The molecule has 0 amide bonds. The number of nitrogens with one attached hydrogen (secondary N) is 1. The fraction of sp³-hybridized carbons (Fsp3) is 0.467. The first kappa shape index (κ1) is 13.1. The van der Waals surface area contributed by atoms with Gasteiger partial charge in [0, 0.05) is 39.1 Å². The van der Waals surface area contributed by atoms with Crippen LogP contribution in [-0.4, -0.2) is 33.3 Å². The van der Waals surface area contributed by atoms with Gasteiger partial charge in [0.15, 0.2) is 0 Å². The number of hydrogen-bond acceptors (Lipinski definition) is 4. The highest BCUT2D eigenvalue weighted by atomic mass is 15.3. The van der Waals surface area contributed by atoms with Crippen molar-refractivity contribution in [1.29, 1.82) is 0 Å². The van der Waals surface area contributed by atoms with E-state index >= 15 is 0 Å². The minimum atomic E-state index is 0.479. The summed E-state index contributed by atoms with van der Waals surface area (Å²) >= 11 is 0. The van der Waals surface area contributed by atoms with Gasteiger partial charge in [-0.15, -0.1) is 0 Å². The van der Waals surface area contributed by atoms with Crippen LogP contribution in [0.2, 0.25) is 0 Å². The summed E-state index contributed by atoms with van der Waals surface area (Å²) in [6.07, 6.45) is 6.35. The summed E-state index contributed by atoms with van der Waals surface area (Å²) in [4.78, 5) is 6.81. The fourth-order valence-corrected chi connectivity index (χ4v) is 2.94. The lowest BCUT2D eigenvalue weighted by molar-refractivity contribution is 0.245. The zero-order valence-electron chi connectivity index (χ0n) is 12.1. The van der Waals surface area contributed by atoms with Crippen molar-refractivity contribution in [2.75, 3.05) is 18.9 Å². The topological polar surface area (TPSA) is 46.0 Å². The quantitative estimate of drug-likeness (QED) is 0.926. The van der Waals surface area contributed by atoms with Gasteiger partial charge in [-0.2, -0.15) is 5.10 Å². The zero-order valence-corrected chi connectivity index (χ0v) is 12.1. The third-order valence-electron chi connectivity index (χ3n) is 3.92. The van der Waals surface area contributed by atoms with Crippen molar-refractivity contribution in [3.05, 3.63) is 41.9 Å². The van der Waals surface area contributed by atoms with E-state index in [9.17, 15) is 0 Å². The largest absolute Gasteiger partial charge is 0.373 e. The average molecular weight is 271 g/mol. The molecule has 0 spiro atoms. The second kappa shape index (κ2) is 5.63. The summed E-state index contributed by atoms with van der Waals surface area (Å²) in [6.45, 7) is 2.06. The number of pyridine rings is 1. The Kier molecular flexibility index (Phi) is 3.69. The van der Waals surface area contributed by atoms with Gasteiger partial charge in [0.1, 0.15) is 5.82 Å². The van der Waals surface area contributed by atoms with E-state index in [1.165, 1.54) is 18.4 Å². The molecule has 1 aliphatic rings. The van der Waals surface area contributed by atoms with Crippen molar-refractivity contribution in [3.63, 3.8) is 0 Å². The van der Waals surface area contributed by atoms with E-state index in [-0.39, 0.29) is 0 Å². The third-order valence-corrected chi connectivity index (χ3v) is 3.92. The molecule has 2 aromatic heterocycles. The molecule has 2 aromatic rings. The van der Waals surface area contributed by atoms with Crippen LogP contribution in [-0.2, 0) is 13.6 Å². The SMILES string of the molecule is CNc1cc([C@@H]2CCCN2Cc2ccn(C)n2)ccn1. The van der Waals surface area contributed by atoms with Crippen molar-refractivity contribution in [3.8, 4) is 0 Å². The summed E-state index contributed by atoms with van der Waals surface area (Å²) in [5, 5.41) is 7.60. The minimum Gasteiger partial charge on any atom is -0.373 e. The van der Waals surface area contributed by atoms with Crippen molar-refractivity contribution < 1.29 is 0 Å². The molecule has 5 nitrogen and oxygen atoms in total. The predicted molar refractivity (Wildman–Crippen MR) is 79.4 cm³/mol. The first-order valence-corrected chi connectivity index (χ1v) is 7.12. The molecular weight excluding hydrogens is 250 g/mol. The molecule has 0 saturated carbocycles. The third kappa shape index (κ3) is 2.67. The van der Waals surface area contributed by atoms with E-state index in [0.29, 0.717) is 6.04 Å². The normalized spacial score (nSPS) is 19.4. The Morgan fingerprint density at radius 3 is 3.05 bits per heavy atom. The lowest BCUT2D eigenvalue weighted by Gasteiger charge is -2.24. The molecule has 1 N–H and O–H groups in total. The molecule has 1 saturated heterocycles. The van der Waals surface area contributed by atoms with Crippen LogP contribution in [0.5, 0.6) is 0 Å². The lowest BCUT2D eigenvalue weighted by atomic mass is 10.1. The first-order valence-electron chi connectivity index (χ1n) is 7.12. The molecule has 1 fully saturated rings. The summed E-state index contributed by atoms with van der Waals surface area (Å²) in [7, 11) is 3.87. The number of rotatable bonds is 4. The van der Waals surface area contributed by atoms with Crippen LogP contribution >= 0.6 is 0 Å². The standard InChI is InChI=1S/C15H21N5/c1-16-15-10-12(5-7-17-15)14-4-3-8-20(14)11-13-6-9-19(2)18-13/h5-7,9-10,14H,3-4,8,11H2,1-2H3,(H,16,17)/t14-/m0/s1. The molecular formula is C15H21N5. The number of aromatic nitrogens is 3. The van der Waals surface area contributed by atoms with Gasteiger partial charge in [-0.1, -0.05) is 0 Å². The number of nitrogens with zero attached hydrogens (tertiary/aromatic N) is 4. The van der Waals surface area contributed by atoms with Gasteiger partial charge in [-0.25, -0.2) is 4.98 Å². The Balaban J connectivity index is 1.77. The van der Waals surface area contributed by atoms with Gasteiger partial charge in [0.05, 0.1) is 5.69 Å². The number of aryl methyl sites for hydroxylation is 1. The first-order chi connectivity index (χ1) is 9.76. The van der Waals surface area contributed by atoms with E-state index in [0.717, 1.165) is 24.6 Å². The van der Waals surface area contributed by atoms with Crippen LogP contribution < -0.4 is 5.32 Å². The number of likely N-dealkylation sites (tertiary alicyclic amines) is 1. The van der Waals surface area contributed by atoms with Crippen molar-refractivity contribution in [2.45, 2.75) is 25.4 Å². The van der Waals surface area contributed by atoms with Crippen LogP contribution in [0.4, 0.5) is 5.82 Å². The van der Waals surface area contributed by atoms with Crippen LogP contribution in [0, 0.1) is 0 Å². The Bertz CT molecular complexity index is 577. The summed E-state index contributed by atoms with van der Waals surface area (Å²) in [5.74, 6) is 0.937. The number of anilines is 1. The number of hydrogen-bond donors (Lipinski definition) is 1. The Labute approximate surface area is 119 Å². The Hall–Kier alpha value is -1.88. The zero-order chi connectivity index (χ0) is 13.9. The van der Waals surface area contributed by atoms with Crippen molar-refractivity contribution in [1.82, 2.24) is 19.7 Å². The summed E-state index contributed by atoms with van der Waals surface area (Å²) in [5.41, 5.74) is 2.49. The molecule has 3 rings (SSSR count). The minimum absolute atomic E-state index is 0.479. The predicted octanol–water partition coefficient (Wildman–Crippen LogP) is 2.19. The summed E-state index contributed by atoms with van der Waals surface area (Å²) < 4.78 is 1.87. The molecule has 3 heterocycles. The average Bonchev–Trinajstić information content (AvgIpc) is 3.08. The molecule has 20 heavy (non-hydrogen) atoms. The van der Waals surface area contributed by atoms with E-state index in [1.807, 2.05) is 31.2 Å². The van der Waals surface area contributed by atoms with E-state index in [1.54, 1.807) is 0 Å². The maximum atomic E-state index is 4.49. The molecule has 1 atom stereocenters. The molecule has 0 aliphatic carbocycles.